The zero-order valence-electron chi connectivity index (χ0n) is 23.0. The number of nitrogens with zero attached hydrogens (tertiary/aromatic N) is 2. The van der Waals surface area contributed by atoms with E-state index in [0.717, 1.165) is 28.1 Å². The van der Waals surface area contributed by atoms with Crippen molar-refractivity contribution in [2.45, 2.75) is 76.2 Å². The SMILES string of the molecule is C=C(OC)/C(C)=C(\C)c1c(C)ncnc1C=Cc1ccc(C)c(C=C(C)C)c1C.CC.CC. The molecule has 0 fully saturated rings. The molecule has 3 heteroatoms. The molecule has 0 aliphatic carbocycles. The van der Waals surface area contributed by atoms with E-state index in [4.69, 9.17) is 4.74 Å². The van der Waals surface area contributed by atoms with E-state index in [9.17, 15) is 0 Å². The maximum atomic E-state index is 5.32. The summed E-state index contributed by atoms with van der Waals surface area (Å²) in [5.41, 5.74) is 11.2. The van der Waals surface area contributed by atoms with Crippen molar-refractivity contribution in [2.75, 3.05) is 7.11 Å². The van der Waals surface area contributed by atoms with Crippen LogP contribution in [0.25, 0.3) is 23.8 Å². The third kappa shape index (κ3) is 8.16. The summed E-state index contributed by atoms with van der Waals surface area (Å²) in [6.45, 7) is 26.6. The molecule has 33 heavy (non-hydrogen) atoms. The van der Waals surface area contributed by atoms with Gasteiger partial charge in [-0.25, -0.2) is 9.97 Å². The first-order chi connectivity index (χ1) is 15.7. The Morgan fingerprint density at radius 2 is 1.52 bits per heavy atom. The van der Waals surface area contributed by atoms with Crippen LogP contribution in [0.2, 0.25) is 0 Å². The van der Waals surface area contributed by atoms with Gasteiger partial charge in [-0.2, -0.15) is 0 Å². The van der Waals surface area contributed by atoms with Crippen LogP contribution >= 0.6 is 0 Å². The standard InChI is InChI=1S/C26H32N2O.2C2H6/c1-16(2)14-24-17(3)10-11-23(20(24)6)12-13-25-26(21(7)27-15-28-25)19(5)18(4)22(8)29-9;2*1-2/h10-15H,8H2,1-7,9H3;2*1-2H3/b13-12?,19-18+;;. The van der Waals surface area contributed by atoms with Gasteiger partial charge in [0.2, 0.25) is 0 Å². The number of methoxy groups -OCH3 is 1. The molecule has 1 aromatic carbocycles. The molecule has 0 saturated carbocycles. The Kier molecular flexibility index (Phi) is 13.7. The van der Waals surface area contributed by atoms with Gasteiger partial charge in [0, 0.05) is 11.3 Å². The van der Waals surface area contributed by atoms with E-state index in [1.54, 1.807) is 13.4 Å². The van der Waals surface area contributed by atoms with Crippen molar-refractivity contribution in [3.63, 3.8) is 0 Å². The predicted octanol–water partition coefficient (Wildman–Crippen LogP) is 9.00. The number of aryl methyl sites for hydroxylation is 2. The molecule has 3 nitrogen and oxygen atoms in total. The van der Waals surface area contributed by atoms with Crippen LogP contribution in [0.3, 0.4) is 0 Å². The number of ether oxygens (including phenoxy) is 1. The van der Waals surface area contributed by atoms with Crippen molar-refractivity contribution in [2.24, 2.45) is 0 Å². The molecule has 0 amide bonds. The van der Waals surface area contributed by atoms with Crippen molar-refractivity contribution in [3.05, 3.63) is 81.1 Å². The lowest BCUT2D eigenvalue weighted by Gasteiger charge is -2.14. The zero-order valence-corrected chi connectivity index (χ0v) is 23.0. The second-order valence-corrected chi connectivity index (χ2v) is 7.66. The smallest absolute Gasteiger partial charge is 0.116 e. The highest BCUT2D eigenvalue weighted by Crippen LogP contribution is 2.28. The highest BCUT2D eigenvalue weighted by molar-refractivity contribution is 5.81. The van der Waals surface area contributed by atoms with Crippen LogP contribution in [-0.4, -0.2) is 17.1 Å². The van der Waals surface area contributed by atoms with Gasteiger partial charge >= 0.3 is 0 Å². The third-order valence-corrected chi connectivity index (χ3v) is 5.30. The first-order valence-corrected chi connectivity index (χ1v) is 11.8. The Hall–Kier alpha value is -2.94. The highest BCUT2D eigenvalue weighted by atomic mass is 16.5. The molecule has 2 aromatic rings. The van der Waals surface area contributed by atoms with E-state index in [1.807, 2.05) is 41.5 Å². The quantitative estimate of drug-likeness (QED) is 0.326. The normalized spacial score (nSPS) is 10.9. The minimum absolute atomic E-state index is 0.654. The Bertz CT molecular complexity index is 1020. The second kappa shape index (κ2) is 15.0. The van der Waals surface area contributed by atoms with E-state index in [1.165, 1.54) is 27.8 Å². The fourth-order valence-corrected chi connectivity index (χ4v) is 3.37. The summed E-state index contributed by atoms with van der Waals surface area (Å²) >= 11 is 0. The Labute approximate surface area is 203 Å². The topological polar surface area (TPSA) is 35.0 Å². The molecule has 0 atom stereocenters. The van der Waals surface area contributed by atoms with E-state index in [2.05, 4.69) is 81.5 Å². The molecule has 1 heterocycles. The van der Waals surface area contributed by atoms with Crippen LogP contribution in [0, 0.1) is 20.8 Å². The van der Waals surface area contributed by atoms with Crippen LogP contribution in [0.5, 0.6) is 0 Å². The van der Waals surface area contributed by atoms with Gasteiger partial charge in [0.1, 0.15) is 12.1 Å². The Morgan fingerprint density at radius 1 is 0.909 bits per heavy atom. The lowest BCUT2D eigenvalue weighted by Crippen LogP contribution is -2.00. The predicted molar refractivity (Wildman–Crippen MR) is 148 cm³/mol. The monoisotopic (exact) mass is 448 g/mol. The van der Waals surface area contributed by atoms with E-state index in [0.29, 0.717) is 5.76 Å². The zero-order chi connectivity index (χ0) is 25.7. The lowest BCUT2D eigenvalue weighted by molar-refractivity contribution is 0.303. The Balaban J connectivity index is 0.00000242. The van der Waals surface area contributed by atoms with E-state index >= 15 is 0 Å². The van der Waals surface area contributed by atoms with Gasteiger partial charge in [0.05, 0.1) is 12.8 Å². The summed E-state index contributed by atoms with van der Waals surface area (Å²) in [6, 6.07) is 4.34. The molecular weight excluding hydrogens is 404 g/mol. The number of rotatable bonds is 6. The second-order valence-electron chi connectivity index (χ2n) is 7.66. The molecule has 0 saturated heterocycles. The maximum absolute atomic E-state index is 5.32. The fourth-order valence-electron chi connectivity index (χ4n) is 3.37. The van der Waals surface area contributed by atoms with Gasteiger partial charge in [0.15, 0.2) is 0 Å². The summed E-state index contributed by atoms with van der Waals surface area (Å²) < 4.78 is 5.32. The lowest BCUT2D eigenvalue weighted by atomic mass is 9.95. The van der Waals surface area contributed by atoms with E-state index < -0.39 is 0 Å². The first kappa shape index (κ1) is 30.1. The van der Waals surface area contributed by atoms with Crippen molar-refractivity contribution in [1.82, 2.24) is 9.97 Å². The summed E-state index contributed by atoms with van der Waals surface area (Å²) in [4.78, 5) is 8.95. The molecule has 0 N–H and O–H groups in total. The van der Waals surface area contributed by atoms with Gasteiger partial charge in [-0.1, -0.05) is 64.1 Å². The van der Waals surface area contributed by atoms with Crippen molar-refractivity contribution < 1.29 is 4.74 Å². The van der Waals surface area contributed by atoms with E-state index in [-0.39, 0.29) is 0 Å². The van der Waals surface area contributed by atoms with Crippen molar-refractivity contribution >= 4 is 23.8 Å². The number of aromatic nitrogens is 2. The van der Waals surface area contributed by atoms with Crippen LogP contribution in [0.1, 0.15) is 94.6 Å². The van der Waals surface area contributed by atoms with Gasteiger partial charge in [-0.05, 0) is 87.9 Å². The average Bonchev–Trinajstić information content (AvgIpc) is 2.82. The summed E-state index contributed by atoms with van der Waals surface area (Å²) in [6.07, 6.45) is 8.06. The molecule has 2 rings (SSSR count). The van der Waals surface area contributed by atoms with Crippen LogP contribution < -0.4 is 0 Å². The average molecular weight is 449 g/mol. The van der Waals surface area contributed by atoms with Gasteiger partial charge < -0.3 is 4.74 Å². The molecular formula is C30H44N2O. The van der Waals surface area contributed by atoms with Gasteiger partial charge in [-0.15, -0.1) is 0 Å². The Morgan fingerprint density at radius 3 is 2.06 bits per heavy atom. The largest absolute Gasteiger partial charge is 0.497 e. The van der Waals surface area contributed by atoms with Crippen molar-refractivity contribution in [1.29, 1.82) is 0 Å². The molecule has 0 aliphatic rings. The van der Waals surface area contributed by atoms with Crippen LogP contribution in [-0.2, 0) is 4.74 Å². The number of hydrogen-bond acceptors (Lipinski definition) is 3. The summed E-state index contributed by atoms with van der Waals surface area (Å²) in [5.74, 6) is 0.654. The van der Waals surface area contributed by atoms with Crippen LogP contribution in [0.4, 0.5) is 0 Å². The molecule has 0 radical (unpaired) electrons. The third-order valence-electron chi connectivity index (χ3n) is 5.30. The molecule has 1 aromatic heterocycles. The molecule has 180 valence electrons. The molecule has 0 bridgehead atoms. The van der Waals surface area contributed by atoms with Gasteiger partial charge in [-0.3, -0.25) is 0 Å². The summed E-state index contributed by atoms with van der Waals surface area (Å²) in [5, 5.41) is 0. The number of benzene rings is 1. The fraction of sp³-hybridized carbons (Fsp3) is 0.400. The number of allylic oxidation sites excluding steroid dienone is 3. The minimum Gasteiger partial charge on any atom is -0.497 e. The maximum Gasteiger partial charge on any atom is 0.116 e. The first-order valence-electron chi connectivity index (χ1n) is 11.8. The van der Waals surface area contributed by atoms with Crippen molar-refractivity contribution in [3.8, 4) is 0 Å². The van der Waals surface area contributed by atoms with Gasteiger partial charge in [0.25, 0.3) is 0 Å². The highest BCUT2D eigenvalue weighted by Gasteiger charge is 2.13. The minimum atomic E-state index is 0.654. The summed E-state index contributed by atoms with van der Waals surface area (Å²) in [7, 11) is 1.64. The molecule has 0 unspecified atom stereocenters. The molecule has 0 aliphatic heterocycles. The molecule has 0 spiro atoms. The number of hydrogen-bond donors (Lipinski definition) is 0. The van der Waals surface area contributed by atoms with Crippen LogP contribution in [0.15, 0.2) is 41.9 Å².